The summed E-state index contributed by atoms with van der Waals surface area (Å²) >= 11 is 3.33. The summed E-state index contributed by atoms with van der Waals surface area (Å²) in [6.45, 7) is -0.336. The Kier molecular flexibility index (Phi) is 5.93. The minimum absolute atomic E-state index is 0.130. The van der Waals surface area contributed by atoms with Crippen LogP contribution >= 0.6 is 15.9 Å². The quantitative estimate of drug-likeness (QED) is 0.616. The molecule has 7 heteroatoms. The Morgan fingerprint density at radius 2 is 1.41 bits per heavy atom. The predicted octanol–water partition coefficient (Wildman–Crippen LogP) is 4.28. The number of amides is 1. The number of para-hydroxylation sites is 1. The third-order valence-corrected chi connectivity index (χ3v) is 6.11. The lowest BCUT2D eigenvalue weighted by atomic mass is 10.3. The number of nitrogens with zero attached hydrogens (tertiary/aromatic N) is 1. The van der Waals surface area contributed by atoms with Crippen LogP contribution < -0.4 is 9.62 Å². The maximum atomic E-state index is 13.1. The molecule has 0 aromatic heterocycles. The van der Waals surface area contributed by atoms with E-state index in [1.54, 1.807) is 72.8 Å². The monoisotopic (exact) mass is 444 g/mol. The van der Waals surface area contributed by atoms with E-state index >= 15 is 0 Å². The highest BCUT2D eigenvalue weighted by atomic mass is 79.9. The van der Waals surface area contributed by atoms with Crippen molar-refractivity contribution in [2.45, 2.75) is 4.90 Å². The summed E-state index contributed by atoms with van der Waals surface area (Å²) in [5.74, 6) is -0.430. The summed E-state index contributed by atoms with van der Waals surface area (Å²) in [5, 5.41) is 2.73. The van der Waals surface area contributed by atoms with Crippen LogP contribution in [-0.2, 0) is 14.8 Å². The molecule has 3 rings (SSSR count). The van der Waals surface area contributed by atoms with Crippen molar-refractivity contribution in [3.8, 4) is 0 Å². The third kappa shape index (κ3) is 4.75. The zero-order valence-electron chi connectivity index (χ0n) is 14.2. The van der Waals surface area contributed by atoms with Crippen molar-refractivity contribution < 1.29 is 13.2 Å². The van der Waals surface area contributed by atoms with Crippen LogP contribution in [0.2, 0.25) is 0 Å². The lowest BCUT2D eigenvalue weighted by Gasteiger charge is -2.24. The Labute approximate surface area is 166 Å². The second-order valence-electron chi connectivity index (χ2n) is 5.72. The van der Waals surface area contributed by atoms with Crippen molar-refractivity contribution in [2.24, 2.45) is 0 Å². The molecule has 0 saturated heterocycles. The van der Waals surface area contributed by atoms with Crippen molar-refractivity contribution in [3.63, 3.8) is 0 Å². The van der Waals surface area contributed by atoms with Crippen LogP contribution in [-0.4, -0.2) is 20.9 Å². The lowest BCUT2D eigenvalue weighted by molar-refractivity contribution is -0.114. The topological polar surface area (TPSA) is 66.5 Å². The zero-order valence-corrected chi connectivity index (χ0v) is 16.7. The minimum Gasteiger partial charge on any atom is -0.325 e. The van der Waals surface area contributed by atoms with Crippen LogP contribution in [0.15, 0.2) is 94.3 Å². The maximum absolute atomic E-state index is 13.1. The maximum Gasteiger partial charge on any atom is 0.264 e. The SMILES string of the molecule is O=C(CN(c1ccccc1)S(=O)(=O)c1ccccc1)Nc1ccc(Br)cc1. The fourth-order valence-corrected chi connectivity index (χ4v) is 4.20. The van der Waals surface area contributed by atoms with Crippen LogP contribution in [0.3, 0.4) is 0 Å². The largest absolute Gasteiger partial charge is 0.325 e. The second kappa shape index (κ2) is 8.37. The van der Waals surface area contributed by atoms with Crippen LogP contribution in [0.25, 0.3) is 0 Å². The molecule has 0 atom stereocenters. The van der Waals surface area contributed by atoms with Crippen LogP contribution in [0.5, 0.6) is 0 Å². The number of rotatable bonds is 6. The molecule has 0 aliphatic carbocycles. The van der Waals surface area contributed by atoms with Crippen molar-refractivity contribution in [1.29, 1.82) is 0 Å². The van der Waals surface area contributed by atoms with Gasteiger partial charge in [-0.3, -0.25) is 9.10 Å². The van der Waals surface area contributed by atoms with Crippen LogP contribution in [0.1, 0.15) is 0 Å². The highest BCUT2D eigenvalue weighted by Crippen LogP contribution is 2.23. The molecule has 27 heavy (non-hydrogen) atoms. The molecule has 0 unspecified atom stereocenters. The molecule has 1 N–H and O–H groups in total. The van der Waals surface area contributed by atoms with Gasteiger partial charge in [0.2, 0.25) is 5.91 Å². The van der Waals surface area contributed by atoms with Gasteiger partial charge in [0.15, 0.2) is 0 Å². The Hall–Kier alpha value is -2.64. The van der Waals surface area contributed by atoms with Gasteiger partial charge in [-0.1, -0.05) is 52.3 Å². The molecule has 0 heterocycles. The molecule has 1 amide bonds. The standard InChI is InChI=1S/C20H17BrN2O3S/c21-16-11-13-17(14-12-16)22-20(24)15-23(18-7-3-1-4-8-18)27(25,26)19-9-5-2-6-10-19/h1-14H,15H2,(H,22,24). The number of sulfonamides is 1. The van der Waals surface area contributed by atoms with Gasteiger partial charge in [0, 0.05) is 10.2 Å². The van der Waals surface area contributed by atoms with Gasteiger partial charge in [-0.25, -0.2) is 8.42 Å². The number of halogens is 1. The van der Waals surface area contributed by atoms with Crippen LogP contribution in [0.4, 0.5) is 11.4 Å². The van der Waals surface area contributed by atoms with Gasteiger partial charge in [0.05, 0.1) is 10.6 Å². The number of hydrogen-bond donors (Lipinski definition) is 1. The molecule has 3 aromatic rings. The Morgan fingerprint density at radius 3 is 2.00 bits per heavy atom. The Balaban J connectivity index is 1.89. The fourth-order valence-electron chi connectivity index (χ4n) is 2.49. The Morgan fingerprint density at radius 1 is 0.852 bits per heavy atom. The van der Waals surface area contributed by atoms with E-state index in [0.29, 0.717) is 11.4 Å². The van der Waals surface area contributed by atoms with E-state index in [1.165, 1.54) is 12.1 Å². The Bertz CT molecular complexity index is 1010. The van der Waals surface area contributed by atoms with E-state index in [4.69, 9.17) is 0 Å². The molecule has 3 aromatic carbocycles. The first kappa shape index (κ1) is 19.1. The highest BCUT2D eigenvalue weighted by Gasteiger charge is 2.26. The number of benzene rings is 3. The predicted molar refractivity (Wildman–Crippen MR) is 110 cm³/mol. The molecule has 0 aliphatic rings. The molecule has 0 spiro atoms. The van der Waals surface area contributed by atoms with Crippen molar-refractivity contribution >= 4 is 43.2 Å². The van der Waals surface area contributed by atoms with Gasteiger partial charge in [-0.05, 0) is 48.5 Å². The molecule has 0 radical (unpaired) electrons. The summed E-state index contributed by atoms with van der Waals surface area (Å²) < 4.78 is 28.2. The van der Waals surface area contributed by atoms with Gasteiger partial charge in [0.25, 0.3) is 10.0 Å². The number of hydrogen-bond acceptors (Lipinski definition) is 3. The lowest BCUT2D eigenvalue weighted by Crippen LogP contribution is -2.38. The average Bonchev–Trinajstić information content (AvgIpc) is 2.69. The van der Waals surface area contributed by atoms with Crippen LogP contribution in [0, 0.1) is 0 Å². The van der Waals surface area contributed by atoms with Crippen molar-refractivity contribution in [3.05, 3.63) is 89.4 Å². The molecule has 0 bridgehead atoms. The van der Waals surface area contributed by atoms with Gasteiger partial charge in [-0.15, -0.1) is 0 Å². The van der Waals surface area contributed by atoms with Crippen molar-refractivity contribution in [1.82, 2.24) is 0 Å². The van der Waals surface area contributed by atoms with E-state index in [2.05, 4.69) is 21.2 Å². The van der Waals surface area contributed by atoms with Gasteiger partial charge in [-0.2, -0.15) is 0 Å². The van der Waals surface area contributed by atoms with Gasteiger partial charge in [0.1, 0.15) is 6.54 Å². The first-order chi connectivity index (χ1) is 13.0. The molecular formula is C20H17BrN2O3S. The fraction of sp³-hybridized carbons (Fsp3) is 0.0500. The number of carbonyl (C=O) groups is 1. The van der Waals surface area contributed by atoms with E-state index in [0.717, 1.165) is 8.78 Å². The van der Waals surface area contributed by atoms with Crippen molar-refractivity contribution in [2.75, 3.05) is 16.2 Å². The van der Waals surface area contributed by atoms with E-state index in [1.807, 2.05) is 0 Å². The van der Waals surface area contributed by atoms with Gasteiger partial charge < -0.3 is 5.32 Å². The molecule has 0 aliphatic heterocycles. The second-order valence-corrected chi connectivity index (χ2v) is 8.49. The smallest absolute Gasteiger partial charge is 0.264 e. The summed E-state index contributed by atoms with van der Waals surface area (Å²) in [6, 6.07) is 23.7. The summed E-state index contributed by atoms with van der Waals surface area (Å²) in [6.07, 6.45) is 0. The summed E-state index contributed by atoms with van der Waals surface area (Å²) in [5.41, 5.74) is 1.01. The third-order valence-electron chi connectivity index (χ3n) is 3.79. The van der Waals surface area contributed by atoms with Gasteiger partial charge >= 0.3 is 0 Å². The number of nitrogens with one attached hydrogen (secondary N) is 1. The first-order valence-corrected chi connectivity index (χ1v) is 10.4. The average molecular weight is 445 g/mol. The first-order valence-electron chi connectivity index (χ1n) is 8.15. The molecule has 138 valence electrons. The molecule has 5 nitrogen and oxygen atoms in total. The number of anilines is 2. The summed E-state index contributed by atoms with van der Waals surface area (Å²) in [4.78, 5) is 12.7. The molecule has 0 saturated carbocycles. The minimum atomic E-state index is -3.88. The number of carbonyl (C=O) groups excluding carboxylic acids is 1. The highest BCUT2D eigenvalue weighted by molar-refractivity contribution is 9.10. The van der Waals surface area contributed by atoms with E-state index in [-0.39, 0.29) is 11.4 Å². The molecule has 0 fully saturated rings. The summed E-state index contributed by atoms with van der Waals surface area (Å²) in [7, 11) is -3.88. The van der Waals surface area contributed by atoms with E-state index in [9.17, 15) is 13.2 Å². The zero-order chi connectivity index (χ0) is 19.3. The molecular weight excluding hydrogens is 428 g/mol. The van der Waals surface area contributed by atoms with E-state index < -0.39 is 15.9 Å². The normalized spacial score (nSPS) is 11.0.